The lowest BCUT2D eigenvalue weighted by Crippen LogP contribution is -2.44. The molecule has 4 nitrogen and oxygen atoms in total. The van der Waals surface area contributed by atoms with E-state index >= 15 is 0 Å². The molecule has 0 atom stereocenters. The summed E-state index contributed by atoms with van der Waals surface area (Å²) < 4.78 is 0. The van der Waals surface area contributed by atoms with Crippen LogP contribution in [0.25, 0.3) is 0 Å². The van der Waals surface area contributed by atoms with Crippen LogP contribution in [0.2, 0.25) is 0 Å². The van der Waals surface area contributed by atoms with Crippen LogP contribution in [0.1, 0.15) is 17.5 Å². The summed E-state index contributed by atoms with van der Waals surface area (Å²) in [4.78, 5) is 16.9. The zero-order valence-electron chi connectivity index (χ0n) is 14.4. The van der Waals surface area contributed by atoms with Crippen molar-refractivity contribution in [1.29, 1.82) is 0 Å². The molecule has 0 saturated carbocycles. The highest BCUT2D eigenvalue weighted by atomic mass is 32.1. The first kappa shape index (κ1) is 17.0. The maximum absolute atomic E-state index is 12.1. The Hall–Kier alpha value is -1.85. The standard InChI is InChI=1S/C19H25N3OS/c1-15-13-17(20-19(23)6-3-16-7-12-24-14-16)4-5-18(15)22-10-8-21(2)9-11-22/h4-5,7,12-14H,3,6,8-11H2,1-2H3,(H,20,23). The van der Waals surface area contributed by atoms with Crippen molar-refractivity contribution in [3.63, 3.8) is 0 Å². The summed E-state index contributed by atoms with van der Waals surface area (Å²) in [6, 6.07) is 8.31. The van der Waals surface area contributed by atoms with Crippen LogP contribution < -0.4 is 10.2 Å². The van der Waals surface area contributed by atoms with Gasteiger partial charge in [0.15, 0.2) is 0 Å². The van der Waals surface area contributed by atoms with Crippen LogP contribution in [0, 0.1) is 6.92 Å². The molecule has 128 valence electrons. The highest BCUT2D eigenvalue weighted by molar-refractivity contribution is 7.07. The number of benzene rings is 1. The van der Waals surface area contributed by atoms with E-state index in [0.717, 1.165) is 38.3 Å². The molecule has 0 aliphatic carbocycles. The fraction of sp³-hybridized carbons (Fsp3) is 0.421. The lowest BCUT2D eigenvalue weighted by molar-refractivity contribution is -0.116. The average molecular weight is 343 g/mol. The minimum absolute atomic E-state index is 0.0768. The molecule has 1 aromatic heterocycles. The molecule has 1 N–H and O–H groups in total. The fourth-order valence-corrected chi connectivity index (χ4v) is 3.75. The van der Waals surface area contributed by atoms with Gasteiger partial charge in [-0.25, -0.2) is 0 Å². The Kier molecular flexibility index (Phi) is 5.53. The number of thiophene rings is 1. The van der Waals surface area contributed by atoms with E-state index < -0.39 is 0 Å². The molecule has 0 spiro atoms. The molecule has 0 unspecified atom stereocenters. The molecule has 2 heterocycles. The normalized spacial score (nSPS) is 15.5. The lowest BCUT2D eigenvalue weighted by Gasteiger charge is -2.35. The Morgan fingerprint density at radius 1 is 1.21 bits per heavy atom. The maximum atomic E-state index is 12.1. The van der Waals surface area contributed by atoms with Crippen LogP contribution in [0.3, 0.4) is 0 Å². The topological polar surface area (TPSA) is 35.6 Å². The minimum atomic E-state index is 0.0768. The Morgan fingerprint density at radius 3 is 2.67 bits per heavy atom. The molecule has 24 heavy (non-hydrogen) atoms. The number of piperazine rings is 1. The largest absolute Gasteiger partial charge is 0.369 e. The highest BCUT2D eigenvalue weighted by Gasteiger charge is 2.16. The molecular formula is C19H25N3OS. The predicted octanol–water partition coefficient (Wildman–Crippen LogP) is 3.38. The van der Waals surface area contributed by atoms with Gasteiger partial charge in [-0.1, -0.05) is 0 Å². The third-order valence-electron chi connectivity index (χ3n) is 4.55. The van der Waals surface area contributed by atoms with Gasteiger partial charge in [0.2, 0.25) is 5.91 Å². The first-order valence-corrected chi connectivity index (χ1v) is 9.41. The SMILES string of the molecule is Cc1cc(NC(=O)CCc2ccsc2)ccc1N1CCN(C)CC1. The van der Waals surface area contributed by atoms with Crippen molar-refractivity contribution in [2.75, 3.05) is 43.4 Å². The molecule has 5 heteroatoms. The number of nitrogens with one attached hydrogen (secondary N) is 1. The van der Waals surface area contributed by atoms with Crippen molar-refractivity contribution in [3.05, 3.63) is 46.2 Å². The third-order valence-corrected chi connectivity index (χ3v) is 5.28. The molecule has 1 amide bonds. The van der Waals surface area contributed by atoms with Crippen molar-refractivity contribution in [3.8, 4) is 0 Å². The first-order chi connectivity index (χ1) is 11.6. The molecule has 1 aliphatic heterocycles. The van der Waals surface area contributed by atoms with Gasteiger partial charge in [0.1, 0.15) is 0 Å². The van der Waals surface area contributed by atoms with Crippen LogP contribution in [0.15, 0.2) is 35.0 Å². The number of anilines is 2. The van der Waals surface area contributed by atoms with Crippen LogP contribution >= 0.6 is 11.3 Å². The molecule has 0 radical (unpaired) electrons. The Bertz CT molecular complexity index is 676. The summed E-state index contributed by atoms with van der Waals surface area (Å²) in [5, 5.41) is 7.17. The summed E-state index contributed by atoms with van der Waals surface area (Å²) in [6.07, 6.45) is 1.32. The van der Waals surface area contributed by atoms with Crippen molar-refractivity contribution in [2.24, 2.45) is 0 Å². The van der Waals surface area contributed by atoms with Crippen LogP contribution in [-0.2, 0) is 11.2 Å². The van der Waals surface area contributed by atoms with E-state index in [1.807, 2.05) is 11.4 Å². The Balaban J connectivity index is 1.57. The van der Waals surface area contributed by atoms with Gasteiger partial charge in [0.25, 0.3) is 0 Å². The van der Waals surface area contributed by atoms with E-state index in [0.29, 0.717) is 6.42 Å². The van der Waals surface area contributed by atoms with Crippen molar-refractivity contribution >= 4 is 28.6 Å². The molecule has 1 saturated heterocycles. The minimum Gasteiger partial charge on any atom is -0.369 e. The maximum Gasteiger partial charge on any atom is 0.224 e. The first-order valence-electron chi connectivity index (χ1n) is 8.47. The number of likely N-dealkylation sites (N-methyl/N-ethyl adjacent to an activating group) is 1. The van der Waals surface area contributed by atoms with Gasteiger partial charge >= 0.3 is 0 Å². The number of hydrogen-bond donors (Lipinski definition) is 1. The molecule has 0 bridgehead atoms. The number of carbonyl (C=O) groups is 1. The molecule has 3 rings (SSSR count). The van der Waals surface area contributed by atoms with Gasteiger partial charge in [-0.2, -0.15) is 11.3 Å². The molecule has 1 aliphatic rings. The van der Waals surface area contributed by atoms with Crippen LogP contribution in [0.4, 0.5) is 11.4 Å². The second-order valence-electron chi connectivity index (χ2n) is 6.47. The summed E-state index contributed by atoms with van der Waals surface area (Å²) in [6.45, 7) is 6.43. The van der Waals surface area contributed by atoms with Crippen LogP contribution in [-0.4, -0.2) is 44.0 Å². The second-order valence-corrected chi connectivity index (χ2v) is 7.25. The van der Waals surface area contributed by atoms with Gasteiger partial charge < -0.3 is 15.1 Å². The molecule has 1 fully saturated rings. The number of aryl methyl sites for hydroxylation is 2. The Labute approximate surface area is 148 Å². The van der Waals surface area contributed by atoms with E-state index in [-0.39, 0.29) is 5.91 Å². The molecular weight excluding hydrogens is 318 g/mol. The monoisotopic (exact) mass is 343 g/mol. The summed E-state index contributed by atoms with van der Waals surface area (Å²) >= 11 is 1.67. The van der Waals surface area contributed by atoms with Gasteiger partial charge in [-0.05, 0) is 66.5 Å². The predicted molar refractivity (Wildman–Crippen MR) is 102 cm³/mol. The van der Waals surface area contributed by atoms with E-state index in [1.165, 1.54) is 16.8 Å². The van der Waals surface area contributed by atoms with E-state index in [2.05, 4.69) is 52.7 Å². The average Bonchev–Trinajstić information content (AvgIpc) is 3.08. The van der Waals surface area contributed by atoms with Gasteiger partial charge in [-0.3, -0.25) is 4.79 Å². The number of nitrogens with zero attached hydrogens (tertiary/aromatic N) is 2. The number of hydrogen-bond acceptors (Lipinski definition) is 4. The van der Waals surface area contributed by atoms with E-state index in [4.69, 9.17) is 0 Å². The third kappa shape index (κ3) is 4.36. The number of amides is 1. The number of carbonyl (C=O) groups excluding carboxylic acids is 1. The van der Waals surface area contributed by atoms with E-state index in [9.17, 15) is 4.79 Å². The van der Waals surface area contributed by atoms with Crippen molar-refractivity contribution in [1.82, 2.24) is 4.90 Å². The zero-order valence-corrected chi connectivity index (χ0v) is 15.2. The quantitative estimate of drug-likeness (QED) is 0.904. The van der Waals surface area contributed by atoms with Gasteiger partial charge in [-0.15, -0.1) is 0 Å². The van der Waals surface area contributed by atoms with Crippen molar-refractivity contribution < 1.29 is 4.79 Å². The fourth-order valence-electron chi connectivity index (χ4n) is 3.05. The Morgan fingerprint density at radius 2 is 2.00 bits per heavy atom. The molecule has 2 aromatic rings. The van der Waals surface area contributed by atoms with Crippen LogP contribution in [0.5, 0.6) is 0 Å². The number of rotatable bonds is 5. The summed E-state index contributed by atoms with van der Waals surface area (Å²) in [7, 11) is 2.17. The van der Waals surface area contributed by atoms with Crippen molar-refractivity contribution in [2.45, 2.75) is 19.8 Å². The molecule has 1 aromatic carbocycles. The zero-order chi connectivity index (χ0) is 16.9. The summed E-state index contributed by atoms with van der Waals surface area (Å²) in [5.74, 6) is 0.0768. The smallest absolute Gasteiger partial charge is 0.224 e. The highest BCUT2D eigenvalue weighted by Crippen LogP contribution is 2.24. The van der Waals surface area contributed by atoms with E-state index in [1.54, 1.807) is 11.3 Å². The summed E-state index contributed by atoms with van der Waals surface area (Å²) in [5.41, 5.74) is 4.62. The second kappa shape index (κ2) is 7.81. The van der Waals surface area contributed by atoms with Gasteiger partial charge in [0.05, 0.1) is 0 Å². The lowest BCUT2D eigenvalue weighted by atomic mass is 10.1. The van der Waals surface area contributed by atoms with Gasteiger partial charge in [0, 0.05) is 44.0 Å².